The first-order chi connectivity index (χ1) is 24.8. The highest BCUT2D eigenvalue weighted by atomic mass is 32.1. The van der Waals surface area contributed by atoms with Crippen molar-refractivity contribution in [1.82, 2.24) is 19.9 Å². The number of ether oxygens (including phenoxy) is 3. The molecule has 0 radical (unpaired) electrons. The summed E-state index contributed by atoms with van der Waals surface area (Å²) in [6, 6.07) is 6.88. The van der Waals surface area contributed by atoms with Crippen LogP contribution in [0.3, 0.4) is 0 Å². The third-order valence-corrected chi connectivity index (χ3v) is 10.1. The van der Waals surface area contributed by atoms with Crippen LogP contribution < -0.4 is 25.8 Å². The molecule has 5 heterocycles. The largest absolute Gasteiger partial charge is 0.490 e. The summed E-state index contributed by atoms with van der Waals surface area (Å²) in [6.07, 6.45) is -2.36. The fraction of sp³-hybridized carbons (Fsp3) is 0.371. The van der Waals surface area contributed by atoms with Crippen LogP contribution in [0.1, 0.15) is 36.5 Å². The predicted octanol–water partition coefficient (Wildman–Crippen LogP) is 6.76. The topological polar surface area (TPSA) is 149 Å². The number of hydrogen-bond donors (Lipinski definition) is 2. The summed E-state index contributed by atoms with van der Waals surface area (Å²) < 4.78 is 94.2. The van der Waals surface area contributed by atoms with Gasteiger partial charge in [0, 0.05) is 49.5 Å². The van der Waals surface area contributed by atoms with Gasteiger partial charge in [-0.2, -0.15) is 28.4 Å². The number of hydrogen-bond acceptors (Lipinski definition) is 12. The number of methoxy groups -OCH3 is 1. The smallest absolute Gasteiger partial charge is 0.420 e. The fourth-order valence-electron chi connectivity index (χ4n) is 6.80. The molecule has 0 amide bonds. The molecule has 2 atom stereocenters. The maximum Gasteiger partial charge on any atom is 0.420 e. The second-order valence-corrected chi connectivity index (χ2v) is 13.5. The first-order valence-electron chi connectivity index (χ1n) is 16.2. The second kappa shape index (κ2) is 14.5. The molecule has 0 saturated carbocycles. The molecule has 2 aliphatic heterocycles. The van der Waals surface area contributed by atoms with E-state index in [0.717, 1.165) is 31.5 Å². The van der Waals surface area contributed by atoms with E-state index in [1.807, 2.05) is 20.0 Å². The van der Waals surface area contributed by atoms with Gasteiger partial charge in [0.15, 0.2) is 5.82 Å². The lowest BCUT2D eigenvalue weighted by Gasteiger charge is -2.27. The highest BCUT2D eigenvalue weighted by Gasteiger charge is 2.44. The maximum absolute atomic E-state index is 17.2. The Kier molecular flexibility index (Phi) is 10.3. The SMILES string of the molecule is CC(Oc1nc2c3c(c(C(F)(F)F)c(-c4ccc(F)c5sc(N)c(C#N)c45)c(F)c3n1)OCCN2Cc1cccnc1N)C1CCCN1C.COC. The Morgan fingerprint density at radius 2 is 1.88 bits per heavy atom. The number of likely N-dealkylation sites (N-methyl/N-ethyl adjacent to an activating group) is 1. The van der Waals surface area contributed by atoms with Gasteiger partial charge < -0.3 is 30.6 Å². The molecule has 1 fully saturated rings. The quantitative estimate of drug-likeness (QED) is 0.178. The number of fused-ring (bicyclic) bond motifs is 1. The molecule has 3 aromatic heterocycles. The minimum Gasteiger partial charge on any atom is -0.490 e. The van der Waals surface area contributed by atoms with Crippen LogP contribution in [0.4, 0.5) is 38.6 Å². The molecule has 1 saturated heterocycles. The van der Waals surface area contributed by atoms with Gasteiger partial charge >= 0.3 is 12.2 Å². The van der Waals surface area contributed by atoms with E-state index in [-0.39, 0.29) is 75.0 Å². The van der Waals surface area contributed by atoms with Crippen LogP contribution in [-0.4, -0.2) is 73.0 Å². The lowest BCUT2D eigenvalue weighted by atomic mass is 9.91. The zero-order valence-electron chi connectivity index (χ0n) is 28.6. The van der Waals surface area contributed by atoms with Crippen molar-refractivity contribution in [2.75, 3.05) is 57.3 Å². The van der Waals surface area contributed by atoms with Gasteiger partial charge in [-0.25, -0.2) is 13.8 Å². The van der Waals surface area contributed by atoms with Crippen LogP contribution in [0.15, 0.2) is 30.5 Å². The van der Waals surface area contributed by atoms with Crippen LogP contribution in [0, 0.1) is 23.0 Å². The van der Waals surface area contributed by atoms with E-state index >= 15 is 17.6 Å². The molecule has 274 valence electrons. The summed E-state index contributed by atoms with van der Waals surface area (Å²) in [7, 11) is 5.21. The average molecular weight is 743 g/mol. The Bertz CT molecular complexity index is 2190. The van der Waals surface area contributed by atoms with Gasteiger partial charge in [-0.15, -0.1) is 11.3 Å². The summed E-state index contributed by atoms with van der Waals surface area (Å²) in [4.78, 5) is 16.8. The van der Waals surface area contributed by atoms with E-state index in [1.54, 1.807) is 31.3 Å². The number of pyridine rings is 1. The van der Waals surface area contributed by atoms with Gasteiger partial charge in [0.1, 0.15) is 58.1 Å². The molecule has 4 N–H and O–H groups in total. The van der Waals surface area contributed by atoms with Gasteiger partial charge in [0.05, 0.1) is 22.2 Å². The lowest BCUT2D eigenvalue weighted by molar-refractivity contribution is -0.138. The zero-order valence-corrected chi connectivity index (χ0v) is 29.5. The summed E-state index contributed by atoms with van der Waals surface area (Å²) in [5, 5.41) is 9.19. The predicted molar refractivity (Wildman–Crippen MR) is 188 cm³/mol. The number of rotatable bonds is 6. The molecule has 52 heavy (non-hydrogen) atoms. The Morgan fingerprint density at radius 1 is 1.13 bits per heavy atom. The minimum absolute atomic E-state index is 0.00224. The van der Waals surface area contributed by atoms with Crippen molar-refractivity contribution < 1.29 is 36.2 Å². The van der Waals surface area contributed by atoms with Crippen LogP contribution in [0.25, 0.3) is 32.1 Å². The zero-order chi connectivity index (χ0) is 37.5. The highest BCUT2D eigenvalue weighted by molar-refractivity contribution is 7.23. The van der Waals surface area contributed by atoms with Crippen molar-refractivity contribution >= 4 is 49.0 Å². The van der Waals surface area contributed by atoms with Gasteiger partial charge in [0.2, 0.25) is 0 Å². The van der Waals surface area contributed by atoms with Crippen molar-refractivity contribution in [2.24, 2.45) is 0 Å². The number of anilines is 3. The molecule has 0 aliphatic carbocycles. The van der Waals surface area contributed by atoms with E-state index in [2.05, 4.69) is 24.6 Å². The third-order valence-electron chi connectivity index (χ3n) is 9.09. The number of nitrogens with zero attached hydrogens (tertiary/aromatic N) is 6. The minimum atomic E-state index is -5.19. The fourth-order valence-corrected chi connectivity index (χ4v) is 7.75. The third kappa shape index (κ3) is 6.57. The second-order valence-electron chi connectivity index (χ2n) is 12.4. The molecule has 11 nitrogen and oxygen atoms in total. The highest BCUT2D eigenvalue weighted by Crippen LogP contribution is 2.53. The van der Waals surface area contributed by atoms with E-state index < -0.39 is 46.3 Å². The molecule has 0 spiro atoms. The lowest BCUT2D eigenvalue weighted by Crippen LogP contribution is -2.38. The summed E-state index contributed by atoms with van der Waals surface area (Å²) >= 11 is 0.686. The first kappa shape index (κ1) is 36.7. The monoisotopic (exact) mass is 742 g/mol. The first-order valence-corrected chi connectivity index (χ1v) is 17.0. The number of benzene rings is 2. The van der Waals surface area contributed by atoms with Gasteiger partial charge in [0.25, 0.3) is 0 Å². The Morgan fingerprint density at radius 3 is 2.54 bits per heavy atom. The van der Waals surface area contributed by atoms with Crippen molar-refractivity contribution in [3.63, 3.8) is 0 Å². The molecular weight excluding hydrogens is 707 g/mol. The van der Waals surface area contributed by atoms with Gasteiger partial charge in [-0.3, -0.25) is 4.90 Å². The Hall–Kier alpha value is -5.05. The summed E-state index contributed by atoms with van der Waals surface area (Å²) in [6.45, 7) is 2.51. The number of nitrogens with two attached hydrogens (primary N) is 2. The van der Waals surface area contributed by atoms with E-state index in [1.165, 1.54) is 6.20 Å². The van der Waals surface area contributed by atoms with Crippen LogP contribution in [-0.2, 0) is 17.5 Å². The molecule has 17 heteroatoms. The number of thiophene rings is 1. The molecule has 7 rings (SSSR count). The number of alkyl halides is 3. The maximum atomic E-state index is 17.2. The van der Waals surface area contributed by atoms with Crippen molar-refractivity contribution in [2.45, 2.75) is 44.6 Å². The van der Waals surface area contributed by atoms with Gasteiger partial charge in [-0.1, -0.05) is 12.1 Å². The normalized spacial score (nSPS) is 16.6. The van der Waals surface area contributed by atoms with Crippen molar-refractivity contribution in [1.29, 1.82) is 5.26 Å². The number of nitrogen functional groups attached to an aromatic ring is 2. The molecular formula is C35H35F5N8O3S. The number of halogens is 5. The van der Waals surface area contributed by atoms with Crippen LogP contribution >= 0.6 is 11.3 Å². The van der Waals surface area contributed by atoms with Crippen molar-refractivity contribution in [3.05, 3.63) is 58.8 Å². The Labute approximate surface area is 299 Å². The molecule has 2 unspecified atom stereocenters. The van der Waals surface area contributed by atoms with Crippen LogP contribution in [0.2, 0.25) is 0 Å². The Balaban J connectivity index is 0.00000150. The number of nitriles is 1. The summed E-state index contributed by atoms with van der Waals surface area (Å²) in [5.74, 6) is -2.75. The molecule has 5 aromatic rings. The molecule has 2 aliphatic rings. The summed E-state index contributed by atoms with van der Waals surface area (Å²) in [5.41, 5.74) is 9.08. The van der Waals surface area contributed by atoms with Gasteiger partial charge in [-0.05, 0) is 51.1 Å². The van der Waals surface area contributed by atoms with E-state index in [0.29, 0.717) is 16.9 Å². The average Bonchev–Trinajstić information content (AvgIpc) is 3.63. The molecule has 0 bridgehead atoms. The van der Waals surface area contributed by atoms with Crippen molar-refractivity contribution in [3.8, 4) is 29.0 Å². The van der Waals surface area contributed by atoms with E-state index in [4.69, 9.17) is 20.9 Å². The number of likely N-dealkylation sites (tertiary alicyclic amines) is 1. The van der Waals surface area contributed by atoms with Crippen LogP contribution in [0.5, 0.6) is 11.8 Å². The standard InChI is InChI=1S/C33H29F5N8O2S.C2H6O/c1-15(20-6-4-10-45(20)2)48-32-43-26-23-27(47-12-11-46(31(23)44-32)14-16-5-3-9-42-29(16)40)24(33(36,37)38)22(25(26)35)17-7-8-19(34)28-21(17)18(13-39)30(41)49-28;1-3-2/h3,5,7-9,15,20H,4,6,10-12,14,41H2,1-2H3,(H2,40,42);1-2H3. The number of aromatic nitrogens is 3. The molecule has 2 aromatic carbocycles. The van der Waals surface area contributed by atoms with E-state index in [9.17, 15) is 9.65 Å².